The van der Waals surface area contributed by atoms with Gasteiger partial charge in [0.05, 0.1) is 11.5 Å². The third kappa shape index (κ3) is 8.09. The molecule has 0 aliphatic heterocycles. The minimum Gasteiger partial charge on any atom is -0.361 e. The summed E-state index contributed by atoms with van der Waals surface area (Å²) < 4.78 is 38.1. The van der Waals surface area contributed by atoms with E-state index in [1.165, 1.54) is 12.1 Å². The number of benzene rings is 2. The first-order valence-corrected chi connectivity index (χ1v) is 12.3. The summed E-state index contributed by atoms with van der Waals surface area (Å²) >= 11 is 0. The van der Waals surface area contributed by atoms with Gasteiger partial charge in [0.25, 0.3) is 0 Å². The number of H-pyrrole nitrogens is 1. The summed E-state index contributed by atoms with van der Waals surface area (Å²) in [6, 6.07) is 13.9. The number of hydrogen-bond donors (Lipinski definition) is 3. The average Bonchev–Trinajstić information content (AvgIpc) is 3.13. The van der Waals surface area contributed by atoms with E-state index in [1.54, 1.807) is 6.07 Å². The van der Waals surface area contributed by atoms with Crippen LogP contribution in [-0.4, -0.2) is 44.7 Å². The van der Waals surface area contributed by atoms with Gasteiger partial charge in [-0.2, -0.15) is 0 Å². The number of hydrogen-bond acceptors (Lipinski definition) is 3. The minimum atomic E-state index is -3.16. The fraction of sp³-hybridized carbons (Fsp3) is 0.348. The molecule has 3 aromatic rings. The number of aromatic nitrogens is 1. The molecule has 1 heterocycles. The van der Waals surface area contributed by atoms with Crippen molar-refractivity contribution in [3.05, 3.63) is 71.7 Å². The second-order valence-electron chi connectivity index (χ2n) is 7.37. The molecule has 0 aliphatic carbocycles. The molecule has 1 aromatic heterocycles. The largest absolute Gasteiger partial charge is 0.361 e. The molecule has 3 rings (SSSR count). The first-order chi connectivity index (χ1) is 15.0. The molecule has 0 aliphatic rings. The van der Waals surface area contributed by atoms with Gasteiger partial charge in [0.15, 0.2) is 15.8 Å². The number of nitrogens with zero attached hydrogens (tertiary/aromatic N) is 1. The van der Waals surface area contributed by atoms with Crippen LogP contribution in [0.3, 0.4) is 0 Å². The Morgan fingerprint density at radius 3 is 2.66 bits per heavy atom. The van der Waals surface area contributed by atoms with Crippen LogP contribution in [0.15, 0.2) is 59.7 Å². The number of aromatic amines is 1. The summed E-state index contributed by atoms with van der Waals surface area (Å²) in [7, 11) is -3.16. The van der Waals surface area contributed by atoms with Gasteiger partial charge in [-0.05, 0) is 49.1 Å². The molecule has 0 bridgehead atoms. The molecule has 2 aromatic carbocycles. The van der Waals surface area contributed by atoms with E-state index in [1.807, 2.05) is 43.5 Å². The molecule has 32 heavy (non-hydrogen) atoms. The van der Waals surface area contributed by atoms with Crippen molar-refractivity contribution in [3.8, 4) is 0 Å². The molecule has 0 saturated heterocycles. The third-order valence-electron chi connectivity index (χ3n) is 4.87. The predicted octanol–water partition coefficient (Wildman–Crippen LogP) is 4.03. The summed E-state index contributed by atoms with van der Waals surface area (Å²) in [4.78, 5) is 7.64. The summed E-state index contributed by atoms with van der Waals surface area (Å²) in [5.74, 6) is 0.555. The van der Waals surface area contributed by atoms with Crippen LogP contribution in [0.5, 0.6) is 0 Å². The van der Waals surface area contributed by atoms with Gasteiger partial charge in [-0.3, -0.25) is 4.99 Å². The highest BCUT2D eigenvalue weighted by Gasteiger charge is 2.11. The van der Waals surface area contributed by atoms with Crippen LogP contribution in [0.1, 0.15) is 24.5 Å². The van der Waals surface area contributed by atoms with Crippen molar-refractivity contribution in [1.82, 2.24) is 15.6 Å². The van der Waals surface area contributed by atoms with Crippen molar-refractivity contribution in [2.24, 2.45) is 4.99 Å². The molecule has 6 nitrogen and oxygen atoms in total. The Labute approximate surface area is 206 Å². The zero-order valence-corrected chi connectivity index (χ0v) is 21.3. The monoisotopic (exact) mass is 572 g/mol. The van der Waals surface area contributed by atoms with Gasteiger partial charge >= 0.3 is 0 Å². The maximum atomic E-state index is 13.5. The summed E-state index contributed by atoms with van der Waals surface area (Å²) in [5, 5.41) is 7.31. The first kappa shape index (κ1) is 26.1. The lowest BCUT2D eigenvalue weighted by Gasteiger charge is -2.11. The standard InChI is InChI=1S/C23H29FN4O2S.HI/c1-2-25-23(26-12-6-14-31(29,30)17-18-7-4-3-5-8-18)27-13-11-19-16-28-22-10-9-20(24)15-21(19)22;/h3-5,7-10,15-16,28H,2,6,11-14,17H2,1H3,(H2,25,26,27);1H. The zero-order chi connectivity index (χ0) is 22.1. The molecule has 0 atom stereocenters. The molecule has 3 N–H and O–H groups in total. The maximum absolute atomic E-state index is 13.5. The van der Waals surface area contributed by atoms with Gasteiger partial charge in [-0.1, -0.05) is 30.3 Å². The molecule has 0 radical (unpaired) electrons. The molecule has 0 spiro atoms. The van der Waals surface area contributed by atoms with Crippen LogP contribution in [0.25, 0.3) is 10.9 Å². The Kier molecular flexibility index (Phi) is 10.4. The van der Waals surface area contributed by atoms with E-state index in [0.29, 0.717) is 38.4 Å². The fourth-order valence-corrected chi connectivity index (χ4v) is 4.80. The van der Waals surface area contributed by atoms with Gasteiger partial charge in [-0.15, -0.1) is 24.0 Å². The number of halogens is 2. The molecule has 0 amide bonds. The third-order valence-corrected chi connectivity index (χ3v) is 6.56. The summed E-state index contributed by atoms with van der Waals surface area (Å²) in [5.41, 5.74) is 2.75. The van der Waals surface area contributed by atoms with Crippen LogP contribution in [-0.2, 0) is 22.0 Å². The van der Waals surface area contributed by atoms with Crippen molar-refractivity contribution in [3.63, 3.8) is 0 Å². The quantitative estimate of drug-likeness (QED) is 0.148. The predicted molar refractivity (Wildman–Crippen MR) is 140 cm³/mol. The number of nitrogens with one attached hydrogen (secondary N) is 3. The molecular weight excluding hydrogens is 542 g/mol. The zero-order valence-electron chi connectivity index (χ0n) is 18.1. The number of aliphatic imine (C=N–C) groups is 1. The molecule has 0 unspecified atom stereocenters. The molecule has 174 valence electrons. The van der Waals surface area contributed by atoms with Gasteiger partial charge in [0, 0.05) is 36.7 Å². The Morgan fingerprint density at radius 1 is 1.12 bits per heavy atom. The van der Waals surface area contributed by atoms with Gasteiger partial charge in [0.1, 0.15) is 5.82 Å². The van der Waals surface area contributed by atoms with E-state index >= 15 is 0 Å². The number of fused-ring (bicyclic) bond motifs is 1. The molecular formula is C23H30FIN4O2S. The number of rotatable bonds is 10. The average molecular weight is 572 g/mol. The van der Waals surface area contributed by atoms with Crippen LogP contribution in [0.4, 0.5) is 4.39 Å². The van der Waals surface area contributed by atoms with E-state index in [0.717, 1.165) is 22.0 Å². The van der Waals surface area contributed by atoms with E-state index in [4.69, 9.17) is 0 Å². The lowest BCUT2D eigenvalue weighted by Crippen LogP contribution is -2.38. The van der Waals surface area contributed by atoms with E-state index in [2.05, 4.69) is 20.6 Å². The van der Waals surface area contributed by atoms with Crippen LogP contribution in [0, 0.1) is 5.82 Å². The lowest BCUT2D eigenvalue weighted by molar-refractivity contribution is 0.592. The van der Waals surface area contributed by atoms with Gasteiger partial charge in [0.2, 0.25) is 0 Å². The Bertz CT molecular complexity index is 1120. The van der Waals surface area contributed by atoms with Crippen LogP contribution < -0.4 is 10.6 Å². The van der Waals surface area contributed by atoms with Crippen LogP contribution >= 0.6 is 24.0 Å². The second kappa shape index (κ2) is 12.8. The van der Waals surface area contributed by atoms with Crippen LogP contribution in [0.2, 0.25) is 0 Å². The van der Waals surface area contributed by atoms with Gasteiger partial charge < -0.3 is 15.6 Å². The minimum absolute atomic E-state index is 0. The van der Waals surface area contributed by atoms with Crippen molar-refractivity contribution in [2.75, 3.05) is 25.4 Å². The Balaban J connectivity index is 0.00000363. The molecule has 0 fully saturated rings. The SMILES string of the molecule is CCNC(=NCCCS(=O)(=O)Cc1ccccc1)NCCc1c[nH]c2ccc(F)cc12.I. The Morgan fingerprint density at radius 2 is 1.91 bits per heavy atom. The maximum Gasteiger partial charge on any atom is 0.191 e. The number of guanidine groups is 1. The van der Waals surface area contributed by atoms with Crippen molar-refractivity contribution < 1.29 is 12.8 Å². The second-order valence-corrected chi connectivity index (χ2v) is 9.56. The van der Waals surface area contributed by atoms with Gasteiger partial charge in [-0.25, -0.2) is 12.8 Å². The fourth-order valence-electron chi connectivity index (χ4n) is 3.39. The normalized spacial score (nSPS) is 11.9. The van der Waals surface area contributed by atoms with Crippen molar-refractivity contribution in [1.29, 1.82) is 0 Å². The van der Waals surface area contributed by atoms with Crippen molar-refractivity contribution in [2.45, 2.75) is 25.5 Å². The summed E-state index contributed by atoms with van der Waals surface area (Å²) in [6.45, 7) is 3.73. The van der Waals surface area contributed by atoms with E-state index < -0.39 is 9.84 Å². The van der Waals surface area contributed by atoms with Crippen molar-refractivity contribution >= 4 is 50.7 Å². The highest BCUT2D eigenvalue weighted by molar-refractivity contribution is 14.0. The highest BCUT2D eigenvalue weighted by atomic mass is 127. The number of sulfone groups is 1. The lowest BCUT2D eigenvalue weighted by atomic mass is 10.1. The van der Waals surface area contributed by atoms with E-state index in [9.17, 15) is 12.8 Å². The first-order valence-electron chi connectivity index (χ1n) is 10.5. The highest BCUT2D eigenvalue weighted by Crippen LogP contribution is 2.19. The Hall–Kier alpha value is -2.14. The summed E-state index contributed by atoms with van der Waals surface area (Å²) in [6.07, 6.45) is 3.07. The molecule has 0 saturated carbocycles. The van der Waals surface area contributed by atoms with E-state index in [-0.39, 0.29) is 41.3 Å². The topological polar surface area (TPSA) is 86.3 Å². The smallest absolute Gasteiger partial charge is 0.191 e. The molecule has 9 heteroatoms.